The highest BCUT2D eigenvalue weighted by Crippen LogP contribution is 2.38. The van der Waals surface area contributed by atoms with Crippen molar-refractivity contribution in [1.29, 1.82) is 0 Å². The van der Waals surface area contributed by atoms with Gasteiger partial charge in [-0.2, -0.15) is 0 Å². The minimum atomic E-state index is -4.06. The maximum absolute atomic E-state index is 12.9. The first-order chi connectivity index (χ1) is 12.7. The van der Waals surface area contributed by atoms with Gasteiger partial charge in [-0.1, -0.05) is 18.2 Å². The fourth-order valence-corrected chi connectivity index (χ4v) is 3.57. The lowest BCUT2D eigenvalue weighted by Crippen LogP contribution is -2.32. The lowest BCUT2D eigenvalue weighted by atomic mass is 9.92. The van der Waals surface area contributed by atoms with E-state index in [0.29, 0.717) is 5.56 Å². The number of rotatable bonds is 5. The molecule has 140 valence electrons. The number of pyridine rings is 1. The summed E-state index contributed by atoms with van der Waals surface area (Å²) in [5.41, 5.74) is -1.14. The molecule has 3 rings (SSSR count). The van der Waals surface area contributed by atoms with E-state index in [1.807, 2.05) is 0 Å². The molecule has 1 N–H and O–H groups in total. The van der Waals surface area contributed by atoms with Crippen LogP contribution in [0.1, 0.15) is 19.4 Å². The highest BCUT2D eigenvalue weighted by molar-refractivity contribution is 7.89. The second kappa shape index (κ2) is 6.84. The van der Waals surface area contributed by atoms with Crippen LogP contribution in [0.15, 0.2) is 71.4 Å². The van der Waals surface area contributed by atoms with Gasteiger partial charge in [0.15, 0.2) is 5.60 Å². The summed E-state index contributed by atoms with van der Waals surface area (Å²) in [6.07, 6.45) is 2.93. The van der Waals surface area contributed by atoms with Gasteiger partial charge < -0.3 is 9.47 Å². The molecule has 9 heteroatoms. The summed E-state index contributed by atoms with van der Waals surface area (Å²) in [6, 6.07) is 10.6. The summed E-state index contributed by atoms with van der Waals surface area (Å²) < 4.78 is 38.0. The zero-order valence-electron chi connectivity index (χ0n) is 14.5. The van der Waals surface area contributed by atoms with E-state index < -0.39 is 39.0 Å². The molecule has 0 radical (unpaired) electrons. The van der Waals surface area contributed by atoms with Gasteiger partial charge in [-0.3, -0.25) is 14.6 Å². The van der Waals surface area contributed by atoms with Crippen molar-refractivity contribution >= 4 is 21.8 Å². The first kappa shape index (κ1) is 18.6. The Morgan fingerprint density at radius 1 is 1.15 bits per heavy atom. The minimum absolute atomic E-state index is 0.0340. The zero-order valence-corrected chi connectivity index (χ0v) is 15.3. The Morgan fingerprint density at radius 2 is 1.78 bits per heavy atom. The molecule has 8 nitrogen and oxygen atoms in total. The van der Waals surface area contributed by atoms with Crippen molar-refractivity contribution in [2.45, 2.75) is 24.3 Å². The average molecular weight is 388 g/mol. The van der Waals surface area contributed by atoms with Crippen LogP contribution < -0.4 is 4.72 Å². The van der Waals surface area contributed by atoms with Crippen molar-refractivity contribution in [3.05, 3.63) is 72.1 Å². The Labute approximate surface area is 155 Å². The average Bonchev–Trinajstić information content (AvgIpc) is 2.88. The molecule has 0 amide bonds. The van der Waals surface area contributed by atoms with E-state index in [1.165, 1.54) is 31.5 Å². The maximum Gasteiger partial charge on any atom is 0.308 e. The number of benzene rings is 1. The topological polar surface area (TPSA) is 112 Å². The first-order valence-corrected chi connectivity index (χ1v) is 9.37. The van der Waals surface area contributed by atoms with Crippen molar-refractivity contribution in [2.24, 2.45) is 0 Å². The van der Waals surface area contributed by atoms with Gasteiger partial charge in [0.05, 0.1) is 4.90 Å². The van der Waals surface area contributed by atoms with Gasteiger partial charge >= 0.3 is 5.97 Å². The number of carbonyl (C=O) groups is 2. The van der Waals surface area contributed by atoms with Crippen LogP contribution in [0, 0.1) is 0 Å². The van der Waals surface area contributed by atoms with E-state index in [4.69, 9.17) is 9.47 Å². The molecule has 1 aliphatic rings. The van der Waals surface area contributed by atoms with Crippen molar-refractivity contribution < 1.29 is 27.5 Å². The largest absolute Gasteiger partial charge is 0.456 e. The summed E-state index contributed by atoms with van der Waals surface area (Å²) in [5.74, 6) is -2.41. The number of esters is 1. The SMILES string of the molecule is CC(=O)OC1=C(NS(=O)(=O)c2ccccc2)OC(C)(c2ccncc2)C1=O. The lowest BCUT2D eigenvalue weighted by molar-refractivity contribution is -0.142. The molecule has 2 aromatic rings. The fourth-order valence-electron chi connectivity index (χ4n) is 2.56. The van der Waals surface area contributed by atoms with E-state index in [1.54, 1.807) is 30.3 Å². The van der Waals surface area contributed by atoms with E-state index in [0.717, 1.165) is 6.92 Å². The van der Waals surface area contributed by atoms with Gasteiger partial charge in [-0.25, -0.2) is 13.1 Å². The molecule has 0 saturated carbocycles. The first-order valence-electron chi connectivity index (χ1n) is 7.89. The number of carbonyl (C=O) groups excluding carboxylic acids is 2. The molecule has 1 aromatic carbocycles. The molecule has 1 atom stereocenters. The van der Waals surface area contributed by atoms with Crippen molar-refractivity contribution in [3.63, 3.8) is 0 Å². The Balaban J connectivity index is 2.01. The summed E-state index contributed by atoms with van der Waals surface area (Å²) in [6.45, 7) is 2.56. The monoisotopic (exact) mass is 388 g/mol. The highest BCUT2D eigenvalue weighted by atomic mass is 32.2. The number of hydrogen-bond acceptors (Lipinski definition) is 7. The van der Waals surface area contributed by atoms with Gasteiger partial charge in [0.2, 0.25) is 5.76 Å². The quantitative estimate of drug-likeness (QED) is 0.775. The summed E-state index contributed by atoms with van der Waals surface area (Å²) >= 11 is 0. The van der Waals surface area contributed by atoms with Crippen LogP contribution in [0.4, 0.5) is 0 Å². The lowest BCUT2D eigenvalue weighted by Gasteiger charge is -2.23. The Hall–Kier alpha value is -3.20. The predicted molar refractivity (Wildman–Crippen MR) is 93.2 cm³/mol. The van der Waals surface area contributed by atoms with Gasteiger partial charge in [0, 0.05) is 24.9 Å². The molecule has 2 heterocycles. The Bertz CT molecular complexity index is 1020. The van der Waals surface area contributed by atoms with Crippen LogP contribution in [0.5, 0.6) is 0 Å². The van der Waals surface area contributed by atoms with Crippen LogP contribution in [-0.4, -0.2) is 25.2 Å². The van der Waals surface area contributed by atoms with E-state index in [9.17, 15) is 18.0 Å². The fraction of sp³-hybridized carbons (Fsp3) is 0.167. The number of hydrogen-bond donors (Lipinski definition) is 1. The number of ketones is 1. The Kier molecular flexibility index (Phi) is 4.71. The number of nitrogens with zero attached hydrogens (tertiary/aromatic N) is 1. The van der Waals surface area contributed by atoms with E-state index >= 15 is 0 Å². The van der Waals surface area contributed by atoms with Crippen LogP contribution in [0.25, 0.3) is 0 Å². The third kappa shape index (κ3) is 3.54. The molecular formula is C18H16N2O6S. The molecule has 27 heavy (non-hydrogen) atoms. The molecular weight excluding hydrogens is 372 g/mol. The van der Waals surface area contributed by atoms with Gasteiger partial charge in [0.25, 0.3) is 21.7 Å². The smallest absolute Gasteiger partial charge is 0.308 e. The number of Topliss-reactive ketones (excluding diaryl/α,β-unsaturated/α-hetero) is 1. The van der Waals surface area contributed by atoms with Gasteiger partial charge in [-0.05, 0) is 31.2 Å². The number of ether oxygens (including phenoxy) is 2. The second-order valence-corrected chi connectivity index (χ2v) is 7.55. The number of nitrogens with one attached hydrogen (secondary N) is 1. The zero-order chi connectivity index (χ0) is 19.7. The maximum atomic E-state index is 12.9. The van der Waals surface area contributed by atoms with Crippen LogP contribution >= 0.6 is 0 Å². The van der Waals surface area contributed by atoms with Crippen LogP contribution in [0.2, 0.25) is 0 Å². The summed E-state index contributed by atoms with van der Waals surface area (Å²) in [4.78, 5) is 28.2. The molecule has 1 unspecified atom stereocenters. The molecule has 1 aliphatic heterocycles. The standard InChI is InChI=1S/C18H16N2O6S/c1-12(21)25-15-16(22)18(2,13-8-10-19-11-9-13)26-17(15)20-27(23,24)14-6-4-3-5-7-14/h3-11,20H,1-2H3. The third-order valence-electron chi connectivity index (χ3n) is 3.91. The predicted octanol–water partition coefficient (Wildman–Crippen LogP) is 1.61. The molecule has 0 saturated heterocycles. The van der Waals surface area contributed by atoms with E-state index in [-0.39, 0.29) is 4.90 Å². The Morgan fingerprint density at radius 3 is 2.37 bits per heavy atom. The van der Waals surface area contributed by atoms with Crippen molar-refractivity contribution in [1.82, 2.24) is 9.71 Å². The van der Waals surface area contributed by atoms with Crippen LogP contribution in [-0.2, 0) is 34.7 Å². The van der Waals surface area contributed by atoms with Crippen LogP contribution in [0.3, 0.4) is 0 Å². The minimum Gasteiger partial charge on any atom is -0.456 e. The van der Waals surface area contributed by atoms with Crippen molar-refractivity contribution in [2.75, 3.05) is 0 Å². The number of aromatic nitrogens is 1. The van der Waals surface area contributed by atoms with Crippen molar-refractivity contribution in [3.8, 4) is 0 Å². The number of sulfonamides is 1. The summed E-state index contributed by atoms with van der Waals surface area (Å²) in [5, 5.41) is 0. The van der Waals surface area contributed by atoms with Gasteiger partial charge in [-0.15, -0.1) is 0 Å². The molecule has 0 aliphatic carbocycles. The molecule has 0 bridgehead atoms. The third-order valence-corrected chi connectivity index (χ3v) is 5.26. The summed E-state index contributed by atoms with van der Waals surface area (Å²) in [7, 11) is -4.06. The molecule has 0 spiro atoms. The normalized spacial score (nSPS) is 19.6. The molecule has 1 aromatic heterocycles. The van der Waals surface area contributed by atoms with Gasteiger partial charge in [0.1, 0.15) is 0 Å². The highest BCUT2D eigenvalue weighted by Gasteiger charge is 2.50. The second-order valence-electron chi connectivity index (χ2n) is 5.87. The van der Waals surface area contributed by atoms with E-state index in [2.05, 4.69) is 9.71 Å². The molecule has 0 fully saturated rings.